The molecule has 0 saturated carbocycles. The van der Waals surface area contributed by atoms with Gasteiger partial charge >= 0.3 is 0 Å². The molecule has 1 amide bonds. The summed E-state index contributed by atoms with van der Waals surface area (Å²) >= 11 is 0. The summed E-state index contributed by atoms with van der Waals surface area (Å²) in [6, 6.07) is 1.73. The number of aromatic nitrogens is 2. The van der Waals surface area contributed by atoms with Crippen molar-refractivity contribution in [2.45, 2.75) is 63.2 Å². The van der Waals surface area contributed by atoms with Gasteiger partial charge in [-0.15, -0.1) is 0 Å². The number of carbonyl (C=O) groups excluding carboxylic acids is 1. The molecule has 2 saturated heterocycles. The summed E-state index contributed by atoms with van der Waals surface area (Å²) in [7, 11) is 3.99. The van der Waals surface area contributed by atoms with Gasteiger partial charge in [-0.05, 0) is 39.0 Å². The van der Waals surface area contributed by atoms with Crippen molar-refractivity contribution in [1.82, 2.24) is 15.3 Å². The number of aromatic amines is 1. The van der Waals surface area contributed by atoms with Crippen LogP contribution in [0, 0.1) is 6.92 Å². The summed E-state index contributed by atoms with van der Waals surface area (Å²) in [6.07, 6.45) is 7.11. The van der Waals surface area contributed by atoms with E-state index < -0.39 is 0 Å². The van der Waals surface area contributed by atoms with E-state index in [1.807, 2.05) is 28.5 Å². The van der Waals surface area contributed by atoms with E-state index in [0.29, 0.717) is 12.4 Å². The van der Waals surface area contributed by atoms with Gasteiger partial charge in [-0.2, -0.15) is 0 Å². The highest BCUT2D eigenvalue weighted by Crippen LogP contribution is 2.39. The summed E-state index contributed by atoms with van der Waals surface area (Å²) in [5.41, 5.74) is 0.617. The monoisotopic (exact) mass is 396 g/mol. The van der Waals surface area contributed by atoms with Gasteiger partial charge in [0.1, 0.15) is 0 Å². The number of nitrogens with zero attached hydrogens (tertiary/aromatic N) is 2. The number of carbonyl (C=O) groups is 1. The standard InChI is InChI=1S/C18H28N4O2S2/c1-13-12-17(24)21-18(19-13)22-9-6-14(7-10-22)20-16(23)5-3-2-4-15-8-11-25-26-15/h12,14-15H,2-11H2,1H3,(H,20,23)(H,19,21,24)/t15-/m0/s1. The molecule has 6 nitrogen and oxygen atoms in total. The molecule has 1 aromatic heterocycles. The molecule has 1 aromatic rings. The number of nitrogens with one attached hydrogen (secondary N) is 2. The van der Waals surface area contributed by atoms with Crippen LogP contribution in [0.25, 0.3) is 0 Å². The first-order valence-corrected chi connectivity index (χ1v) is 11.9. The molecule has 144 valence electrons. The zero-order chi connectivity index (χ0) is 18.4. The Morgan fingerprint density at radius 2 is 2.15 bits per heavy atom. The van der Waals surface area contributed by atoms with Crippen LogP contribution in [0.4, 0.5) is 5.95 Å². The van der Waals surface area contributed by atoms with Crippen LogP contribution in [0.2, 0.25) is 0 Å². The second-order valence-corrected chi connectivity index (χ2v) is 9.90. The molecule has 2 aliphatic rings. The molecule has 0 aromatic carbocycles. The van der Waals surface area contributed by atoms with E-state index >= 15 is 0 Å². The first-order chi connectivity index (χ1) is 12.6. The van der Waals surface area contributed by atoms with Gasteiger partial charge in [-0.25, -0.2) is 4.98 Å². The van der Waals surface area contributed by atoms with Crippen molar-refractivity contribution in [2.24, 2.45) is 0 Å². The largest absolute Gasteiger partial charge is 0.353 e. The van der Waals surface area contributed by atoms with Gasteiger partial charge in [-0.1, -0.05) is 28.0 Å². The Balaban J connectivity index is 1.34. The molecular weight excluding hydrogens is 368 g/mol. The molecule has 0 radical (unpaired) electrons. The Bertz CT molecular complexity index is 653. The summed E-state index contributed by atoms with van der Waals surface area (Å²) in [5, 5.41) is 3.97. The number of hydrogen-bond donors (Lipinski definition) is 2. The molecule has 8 heteroatoms. The minimum atomic E-state index is -0.113. The van der Waals surface area contributed by atoms with Crippen molar-refractivity contribution in [3.8, 4) is 0 Å². The van der Waals surface area contributed by atoms with Crippen LogP contribution in [0.3, 0.4) is 0 Å². The molecule has 1 atom stereocenters. The molecule has 2 N–H and O–H groups in total. The van der Waals surface area contributed by atoms with Gasteiger partial charge in [-0.3, -0.25) is 14.6 Å². The van der Waals surface area contributed by atoms with Crippen LogP contribution in [0.5, 0.6) is 0 Å². The van der Waals surface area contributed by atoms with Gasteiger partial charge in [0, 0.05) is 48.3 Å². The van der Waals surface area contributed by atoms with Crippen molar-refractivity contribution in [1.29, 1.82) is 0 Å². The highest BCUT2D eigenvalue weighted by molar-refractivity contribution is 8.77. The lowest BCUT2D eigenvalue weighted by Gasteiger charge is -2.32. The lowest BCUT2D eigenvalue weighted by Crippen LogP contribution is -2.45. The molecule has 3 rings (SSSR count). The number of aryl methyl sites for hydroxylation is 1. The summed E-state index contributed by atoms with van der Waals surface area (Å²) in [4.78, 5) is 33.0. The van der Waals surface area contributed by atoms with Crippen molar-refractivity contribution < 1.29 is 4.79 Å². The van der Waals surface area contributed by atoms with Crippen LogP contribution < -0.4 is 15.8 Å². The molecule has 0 aliphatic carbocycles. The van der Waals surface area contributed by atoms with Gasteiger partial charge in [0.05, 0.1) is 0 Å². The lowest BCUT2D eigenvalue weighted by molar-refractivity contribution is -0.122. The fourth-order valence-corrected chi connectivity index (χ4v) is 6.50. The zero-order valence-corrected chi connectivity index (χ0v) is 17.0. The van der Waals surface area contributed by atoms with Crippen LogP contribution in [0.15, 0.2) is 10.9 Å². The number of anilines is 1. The Kier molecular flexibility index (Phi) is 7.31. The Labute approximate surface area is 162 Å². The predicted octanol–water partition coefficient (Wildman–Crippen LogP) is 2.88. The summed E-state index contributed by atoms with van der Waals surface area (Å²) in [6.45, 7) is 3.43. The quantitative estimate of drug-likeness (QED) is 0.545. The van der Waals surface area contributed by atoms with Crippen molar-refractivity contribution in [3.05, 3.63) is 22.1 Å². The number of rotatable bonds is 7. The smallest absolute Gasteiger partial charge is 0.252 e. The fourth-order valence-electron chi connectivity index (χ4n) is 3.47. The van der Waals surface area contributed by atoms with E-state index in [4.69, 9.17) is 0 Å². The van der Waals surface area contributed by atoms with E-state index in [0.717, 1.165) is 49.7 Å². The van der Waals surface area contributed by atoms with Crippen LogP contribution >= 0.6 is 21.6 Å². The number of amides is 1. The second-order valence-electron chi connectivity index (χ2n) is 7.11. The third kappa shape index (κ3) is 5.94. The van der Waals surface area contributed by atoms with E-state index in [1.165, 1.54) is 24.7 Å². The molecule has 0 unspecified atom stereocenters. The van der Waals surface area contributed by atoms with Gasteiger partial charge in [0.15, 0.2) is 0 Å². The maximum Gasteiger partial charge on any atom is 0.252 e. The van der Waals surface area contributed by atoms with Gasteiger partial charge < -0.3 is 10.2 Å². The van der Waals surface area contributed by atoms with Crippen molar-refractivity contribution in [3.63, 3.8) is 0 Å². The fraction of sp³-hybridized carbons (Fsp3) is 0.722. The third-order valence-electron chi connectivity index (χ3n) is 4.92. The first-order valence-electron chi connectivity index (χ1n) is 9.51. The highest BCUT2D eigenvalue weighted by atomic mass is 33.1. The van der Waals surface area contributed by atoms with Crippen LogP contribution in [0.1, 0.15) is 50.6 Å². The van der Waals surface area contributed by atoms with Gasteiger partial charge in [0.2, 0.25) is 11.9 Å². The van der Waals surface area contributed by atoms with Gasteiger partial charge in [0.25, 0.3) is 5.56 Å². The molecule has 26 heavy (non-hydrogen) atoms. The molecule has 2 aliphatic heterocycles. The maximum atomic E-state index is 12.2. The van der Waals surface area contributed by atoms with Crippen LogP contribution in [-0.4, -0.2) is 46.0 Å². The number of H-pyrrole nitrogens is 1. The summed E-state index contributed by atoms with van der Waals surface area (Å²) < 4.78 is 0. The number of hydrogen-bond acceptors (Lipinski definition) is 6. The molecular formula is C18H28N4O2S2. The minimum absolute atomic E-state index is 0.113. The predicted molar refractivity (Wildman–Crippen MR) is 110 cm³/mol. The van der Waals surface area contributed by atoms with E-state index in [1.54, 1.807) is 0 Å². The second kappa shape index (κ2) is 9.69. The molecule has 0 spiro atoms. The molecule has 0 bridgehead atoms. The van der Waals surface area contributed by atoms with E-state index in [-0.39, 0.29) is 17.5 Å². The number of unbranched alkanes of at least 4 members (excludes halogenated alkanes) is 1. The normalized spacial score (nSPS) is 21.1. The molecule has 2 fully saturated rings. The zero-order valence-electron chi connectivity index (χ0n) is 15.3. The minimum Gasteiger partial charge on any atom is -0.353 e. The average molecular weight is 397 g/mol. The van der Waals surface area contributed by atoms with E-state index in [9.17, 15) is 9.59 Å². The Hall–Kier alpha value is -1.15. The van der Waals surface area contributed by atoms with Crippen molar-refractivity contribution >= 4 is 33.4 Å². The first kappa shape index (κ1) is 19.6. The third-order valence-corrected chi connectivity index (χ3v) is 7.93. The topological polar surface area (TPSA) is 78.1 Å². The average Bonchev–Trinajstić information content (AvgIpc) is 3.12. The maximum absolute atomic E-state index is 12.2. The Morgan fingerprint density at radius 1 is 1.35 bits per heavy atom. The SMILES string of the molecule is Cc1cc(=O)[nH]c(N2CCC(NC(=O)CCCC[C@H]3CCSS3)CC2)n1. The van der Waals surface area contributed by atoms with E-state index in [2.05, 4.69) is 20.2 Å². The summed E-state index contributed by atoms with van der Waals surface area (Å²) in [5.74, 6) is 2.10. The molecule has 3 heterocycles. The van der Waals surface area contributed by atoms with Crippen LogP contribution in [-0.2, 0) is 4.79 Å². The number of piperidine rings is 1. The highest BCUT2D eigenvalue weighted by Gasteiger charge is 2.22. The Morgan fingerprint density at radius 3 is 2.85 bits per heavy atom. The van der Waals surface area contributed by atoms with Crippen molar-refractivity contribution in [2.75, 3.05) is 23.7 Å². The lowest BCUT2D eigenvalue weighted by atomic mass is 10.0.